The van der Waals surface area contributed by atoms with Crippen LogP contribution in [0.1, 0.15) is 29.1 Å². The minimum atomic E-state index is -0.552. The molecule has 0 aliphatic rings. The Balaban J connectivity index is 1.85. The number of anilines is 1. The van der Waals surface area contributed by atoms with Crippen molar-refractivity contribution in [1.29, 1.82) is 0 Å². The second-order valence-corrected chi connectivity index (χ2v) is 8.09. The van der Waals surface area contributed by atoms with Crippen LogP contribution in [0, 0.1) is 0 Å². The number of fused-ring (bicyclic) bond motifs is 1. The van der Waals surface area contributed by atoms with E-state index in [0.717, 1.165) is 0 Å². The molecule has 1 amide bonds. The summed E-state index contributed by atoms with van der Waals surface area (Å²) in [6.45, 7) is 1.78. The van der Waals surface area contributed by atoms with Gasteiger partial charge >= 0.3 is 0 Å². The van der Waals surface area contributed by atoms with Crippen LogP contribution >= 0.6 is 27.5 Å². The number of nitrogens with zero attached hydrogens (tertiary/aromatic N) is 3. The van der Waals surface area contributed by atoms with Crippen LogP contribution in [0.4, 0.5) is 5.82 Å². The van der Waals surface area contributed by atoms with E-state index in [2.05, 4.69) is 31.2 Å². The number of aromatic nitrogens is 3. The van der Waals surface area contributed by atoms with E-state index in [9.17, 15) is 9.59 Å². The van der Waals surface area contributed by atoms with E-state index in [4.69, 9.17) is 17.3 Å². The molecule has 2 aromatic heterocycles. The number of nitrogen functional groups attached to an aromatic ring is 1. The molecule has 0 bridgehead atoms. The Labute approximate surface area is 191 Å². The van der Waals surface area contributed by atoms with Crippen LogP contribution in [0.5, 0.6) is 0 Å². The molecule has 0 saturated heterocycles. The summed E-state index contributed by atoms with van der Waals surface area (Å²) in [6.07, 6.45) is 1.41. The van der Waals surface area contributed by atoms with Gasteiger partial charge in [-0.05, 0) is 52.5 Å². The summed E-state index contributed by atoms with van der Waals surface area (Å²) >= 11 is 9.53. The molecule has 0 fully saturated rings. The summed E-state index contributed by atoms with van der Waals surface area (Å²) in [7, 11) is 0. The standard InChI is InChI=1S/C22H17BrClN5O2/c1-12(27-21(30)19-20(25)26-11-17(23)28-19)16-10-13-6-5-9-15(24)18(13)22(31)29(16)14-7-3-2-4-8-14/h2-12H,1H3,(H2,25,26)(H,27,30)/t12-/m0/s1. The molecule has 2 aromatic carbocycles. The number of nitrogens with one attached hydrogen (secondary N) is 1. The van der Waals surface area contributed by atoms with Gasteiger partial charge in [0, 0.05) is 11.4 Å². The molecule has 0 saturated carbocycles. The predicted molar refractivity (Wildman–Crippen MR) is 125 cm³/mol. The Kier molecular flexibility index (Phi) is 5.75. The molecule has 0 aliphatic carbocycles. The second kappa shape index (κ2) is 8.49. The highest BCUT2D eigenvalue weighted by Gasteiger charge is 2.21. The molecule has 0 radical (unpaired) electrons. The molecule has 3 N–H and O–H groups in total. The zero-order chi connectivity index (χ0) is 22.1. The second-order valence-electron chi connectivity index (χ2n) is 6.87. The Morgan fingerprint density at radius 2 is 1.94 bits per heavy atom. The summed E-state index contributed by atoms with van der Waals surface area (Å²) in [6, 6.07) is 15.7. The van der Waals surface area contributed by atoms with Crippen molar-refractivity contribution in [1.82, 2.24) is 19.9 Å². The van der Waals surface area contributed by atoms with Crippen molar-refractivity contribution in [2.75, 3.05) is 5.73 Å². The number of amides is 1. The van der Waals surface area contributed by atoms with Crippen LogP contribution in [0.25, 0.3) is 16.5 Å². The predicted octanol–water partition coefficient (Wildman–Crippen LogP) is 4.27. The summed E-state index contributed by atoms with van der Waals surface area (Å²) < 4.78 is 1.94. The lowest BCUT2D eigenvalue weighted by atomic mass is 10.1. The molecule has 1 atom stereocenters. The molecular weight excluding hydrogens is 482 g/mol. The van der Waals surface area contributed by atoms with Gasteiger partial charge in [-0.3, -0.25) is 14.2 Å². The van der Waals surface area contributed by atoms with Gasteiger partial charge in [0.05, 0.1) is 22.6 Å². The lowest BCUT2D eigenvalue weighted by Crippen LogP contribution is -2.33. The van der Waals surface area contributed by atoms with Gasteiger partial charge in [-0.25, -0.2) is 9.97 Å². The molecule has 31 heavy (non-hydrogen) atoms. The number of carbonyl (C=O) groups excluding carboxylic acids is 1. The van der Waals surface area contributed by atoms with E-state index in [0.29, 0.717) is 31.8 Å². The lowest BCUT2D eigenvalue weighted by molar-refractivity contribution is 0.0934. The van der Waals surface area contributed by atoms with Gasteiger partial charge in [-0.15, -0.1) is 0 Å². The topological polar surface area (TPSA) is 103 Å². The number of carbonyl (C=O) groups is 1. The molecule has 7 nitrogen and oxygen atoms in total. The van der Waals surface area contributed by atoms with Gasteiger partial charge < -0.3 is 11.1 Å². The van der Waals surface area contributed by atoms with Gasteiger partial charge in [0.25, 0.3) is 11.5 Å². The first-order chi connectivity index (χ1) is 14.9. The van der Waals surface area contributed by atoms with Crippen molar-refractivity contribution in [3.8, 4) is 5.69 Å². The van der Waals surface area contributed by atoms with Gasteiger partial charge in [0.1, 0.15) is 4.60 Å². The zero-order valence-corrected chi connectivity index (χ0v) is 18.7. The van der Waals surface area contributed by atoms with E-state index in [1.54, 1.807) is 23.6 Å². The quantitative estimate of drug-likeness (QED) is 0.437. The molecule has 9 heteroatoms. The SMILES string of the molecule is C[C@H](NC(=O)c1nc(Br)cnc1N)c1cc2cccc(Cl)c2c(=O)n1-c1ccccc1. The highest BCUT2D eigenvalue weighted by Crippen LogP contribution is 2.25. The Bertz CT molecular complexity index is 1360. The van der Waals surface area contributed by atoms with Crippen LogP contribution in [0.2, 0.25) is 5.02 Å². The largest absolute Gasteiger partial charge is 0.382 e. The van der Waals surface area contributed by atoms with E-state index in [1.165, 1.54) is 6.20 Å². The first-order valence-electron chi connectivity index (χ1n) is 9.35. The summed E-state index contributed by atoms with van der Waals surface area (Å²) in [5, 5.41) is 4.33. The molecular formula is C22H17BrClN5O2. The number of hydrogen-bond donors (Lipinski definition) is 2. The maximum atomic E-state index is 13.4. The Morgan fingerprint density at radius 1 is 1.19 bits per heavy atom. The zero-order valence-electron chi connectivity index (χ0n) is 16.3. The summed E-state index contributed by atoms with van der Waals surface area (Å²) in [4.78, 5) is 34.3. The molecule has 0 spiro atoms. The van der Waals surface area contributed by atoms with Crippen molar-refractivity contribution in [3.05, 3.63) is 92.2 Å². The maximum absolute atomic E-state index is 13.4. The molecule has 0 aliphatic heterocycles. The Hall–Kier alpha value is -3.23. The van der Waals surface area contributed by atoms with Crippen molar-refractivity contribution < 1.29 is 4.79 Å². The number of para-hydroxylation sites is 1. The van der Waals surface area contributed by atoms with Crippen LogP contribution in [-0.4, -0.2) is 20.4 Å². The normalized spacial score (nSPS) is 12.0. The summed E-state index contributed by atoms with van der Waals surface area (Å²) in [5.74, 6) is -0.490. The third kappa shape index (κ3) is 4.04. The van der Waals surface area contributed by atoms with Crippen molar-refractivity contribution >= 4 is 50.0 Å². The third-order valence-electron chi connectivity index (χ3n) is 4.82. The monoisotopic (exact) mass is 497 g/mol. The fourth-order valence-corrected chi connectivity index (χ4v) is 3.93. The van der Waals surface area contributed by atoms with Crippen LogP contribution in [0.3, 0.4) is 0 Å². The number of hydrogen-bond acceptors (Lipinski definition) is 5. The molecule has 0 unspecified atom stereocenters. The minimum absolute atomic E-state index is 0.00123. The van der Waals surface area contributed by atoms with Gasteiger partial charge in [-0.2, -0.15) is 0 Å². The van der Waals surface area contributed by atoms with Crippen molar-refractivity contribution in [2.24, 2.45) is 0 Å². The van der Waals surface area contributed by atoms with Crippen LogP contribution < -0.4 is 16.6 Å². The summed E-state index contributed by atoms with van der Waals surface area (Å²) in [5.41, 5.74) is 6.79. The van der Waals surface area contributed by atoms with Crippen LogP contribution in [0.15, 0.2) is 70.2 Å². The smallest absolute Gasteiger partial charge is 0.274 e. The molecule has 4 rings (SSSR count). The average Bonchev–Trinajstić information content (AvgIpc) is 2.75. The number of rotatable bonds is 4. The Morgan fingerprint density at radius 3 is 2.68 bits per heavy atom. The number of pyridine rings is 1. The van der Waals surface area contributed by atoms with Crippen molar-refractivity contribution in [3.63, 3.8) is 0 Å². The minimum Gasteiger partial charge on any atom is -0.382 e. The fourth-order valence-electron chi connectivity index (χ4n) is 3.38. The number of benzene rings is 2. The molecule has 4 aromatic rings. The first kappa shape index (κ1) is 21.0. The first-order valence-corrected chi connectivity index (χ1v) is 10.5. The number of nitrogens with two attached hydrogens (primary N) is 1. The van der Waals surface area contributed by atoms with Gasteiger partial charge in [-0.1, -0.05) is 41.9 Å². The number of halogens is 2. The molecule has 2 heterocycles. The fraction of sp³-hybridized carbons (Fsp3) is 0.0909. The third-order valence-corrected chi connectivity index (χ3v) is 5.51. The van der Waals surface area contributed by atoms with E-state index < -0.39 is 11.9 Å². The highest BCUT2D eigenvalue weighted by molar-refractivity contribution is 9.10. The van der Waals surface area contributed by atoms with Crippen LogP contribution in [-0.2, 0) is 0 Å². The molecule has 156 valence electrons. The lowest BCUT2D eigenvalue weighted by Gasteiger charge is -2.21. The maximum Gasteiger partial charge on any atom is 0.274 e. The van der Waals surface area contributed by atoms with E-state index in [1.807, 2.05) is 42.5 Å². The highest BCUT2D eigenvalue weighted by atomic mass is 79.9. The van der Waals surface area contributed by atoms with Gasteiger partial charge in [0.15, 0.2) is 11.5 Å². The van der Waals surface area contributed by atoms with E-state index >= 15 is 0 Å². The van der Waals surface area contributed by atoms with Gasteiger partial charge in [0.2, 0.25) is 0 Å². The van der Waals surface area contributed by atoms with Crippen molar-refractivity contribution in [2.45, 2.75) is 13.0 Å². The average molecular weight is 499 g/mol. The van der Waals surface area contributed by atoms with E-state index in [-0.39, 0.29) is 17.1 Å².